The van der Waals surface area contributed by atoms with Gasteiger partial charge in [0.2, 0.25) is 0 Å². The van der Waals surface area contributed by atoms with Gasteiger partial charge in [0.05, 0.1) is 16.5 Å². The molecule has 6 nitrogen and oxygen atoms in total. The molecule has 1 amide bonds. The van der Waals surface area contributed by atoms with E-state index in [0.29, 0.717) is 18.7 Å². The zero-order valence-corrected chi connectivity index (χ0v) is 21.3. The summed E-state index contributed by atoms with van der Waals surface area (Å²) in [6, 6.07) is 9.92. The Morgan fingerprint density at radius 1 is 1.29 bits per heavy atom. The second kappa shape index (κ2) is 10.1. The van der Waals surface area contributed by atoms with Crippen LogP contribution in [0.2, 0.25) is 0 Å². The molecule has 1 aromatic heterocycles. The van der Waals surface area contributed by atoms with Gasteiger partial charge in [-0.3, -0.25) is 4.79 Å². The van der Waals surface area contributed by atoms with Gasteiger partial charge < -0.3 is 10.4 Å². The van der Waals surface area contributed by atoms with Crippen molar-refractivity contribution in [3.63, 3.8) is 0 Å². The Kier molecular flexibility index (Phi) is 7.36. The minimum atomic E-state index is -1.28. The number of fused-ring (bicyclic) bond motifs is 1. The molecule has 2 aromatic rings. The molecule has 2 aliphatic rings. The van der Waals surface area contributed by atoms with Crippen molar-refractivity contribution in [2.45, 2.75) is 76.8 Å². The Balaban J connectivity index is 1.85. The van der Waals surface area contributed by atoms with Gasteiger partial charge in [0.15, 0.2) is 0 Å². The van der Waals surface area contributed by atoms with Crippen molar-refractivity contribution in [2.24, 2.45) is 0 Å². The van der Waals surface area contributed by atoms with Crippen molar-refractivity contribution >= 4 is 23.0 Å². The monoisotopic (exact) mass is 481 g/mol. The molecular weight excluding hydrogens is 446 g/mol. The lowest BCUT2D eigenvalue weighted by Gasteiger charge is -2.30. The van der Waals surface area contributed by atoms with Crippen LogP contribution in [0.4, 0.5) is 0 Å². The van der Waals surface area contributed by atoms with Gasteiger partial charge in [-0.25, -0.2) is 13.5 Å². The Bertz CT molecular complexity index is 1120. The summed E-state index contributed by atoms with van der Waals surface area (Å²) in [5.74, 6) is -0.160. The fraction of sp³-hybridized carbons (Fsp3) is 0.481. The maximum absolute atomic E-state index is 13.5. The molecule has 1 aliphatic heterocycles. The van der Waals surface area contributed by atoms with E-state index >= 15 is 0 Å². The number of nitrogens with one attached hydrogen (secondary N) is 1. The first-order valence-electron chi connectivity index (χ1n) is 12.1. The molecule has 1 aliphatic carbocycles. The average molecular weight is 482 g/mol. The van der Waals surface area contributed by atoms with Crippen molar-refractivity contribution in [1.82, 2.24) is 14.6 Å². The third-order valence-electron chi connectivity index (χ3n) is 6.48. The lowest BCUT2D eigenvalue weighted by atomic mass is 9.92. The van der Waals surface area contributed by atoms with Crippen molar-refractivity contribution in [2.75, 3.05) is 6.61 Å². The Hall–Kier alpha value is -2.35. The summed E-state index contributed by atoms with van der Waals surface area (Å²) in [5.41, 5.74) is 5.00. The standard InChI is InChI=1S/C27H35N3O3S/c1-5-8-18-9-6-10-19(15-18)25-24-20(16-22(29-25)26(32)28-21-11-7-12-21)17-30(23(24)13-14-31)34(33)27(2,3)4/h5-6,8-10,15-16,21,23,31H,7,11-14,17H2,1-4H3,(H,28,32)/b8-5+/t23-,34-/m0/s1. The molecule has 182 valence electrons. The molecule has 2 atom stereocenters. The summed E-state index contributed by atoms with van der Waals surface area (Å²) in [4.78, 5) is 18.0. The van der Waals surface area contributed by atoms with Crippen LogP contribution in [-0.4, -0.2) is 41.9 Å². The van der Waals surface area contributed by atoms with Crippen LogP contribution in [0.5, 0.6) is 0 Å². The molecule has 0 unspecified atom stereocenters. The van der Waals surface area contributed by atoms with Crippen molar-refractivity contribution in [3.05, 3.63) is 58.8 Å². The predicted molar refractivity (Wildman–Crippen MR) is 137 cm³/mol. The van der Waals surface area contributed by atoms with Gasteiger partial charge in [-0.1, -0.05) is 30.4 Å². The van der Waals surface area contributed by atoms with Crippen LogP contribution >= 0.6 is 0 Å². The van der Waals surface area contributed by atoms with Gasteiger partial charge in [0.1, 0.15) is 16.7 Å². The number of hydrogen-bond donors (Lipinski definition) is 2. The summed E-state index contributed by atoms with van der Waals surface area (Å²) in [5, 5.41) is 13.0. The number of benzene rings is 1. The van der Waals surface area contributed by atoms with E-state index in [2.05, 4.69) is 11.4 Å². The summed E-state index contributed by atoms with van der Waals surface area (Å²) in [7, 11) is -1.28. The van der Waals surface area contributed by atoms with Crippen molar-refractivity contribution in [3.8, 4) is 11.3 Å². The molecule has 4 rings (SSSR count). The first-order valence-corrected chi connectivity index (χ1v) is 13.2. The maximum atomic E-state index is 13.5. The third-order valence-corrected chi connectivity index (χ3v) is 8.34. The van der Waals surface area contributed by atoms with Crippen LogP contribution < -0.4 is 5.32 Å². The van der Waals surface area contributed by atoms with E-state index in [4.69, 9.17) is 4.98 Å². The quantitative estimate of drug-likeness (QED) is 0.597. The van der Waals surface area contributed by atoms with E-state index < -0.39 is 15.7 Å². The Morgan fingerprint density at radius 2 is 2.06 bits per heavy atom. The minimum absolute atomic E-state index is 0.0239. The number of allylic oxidation sites excluding steroid dienone is 1. The van der Waals surface area contributed by atoms with E-state index in [9.17, 15) is 14.1 Å². The Labute approximate surface area is 205 Å². The number of amides is 1. The number of aliphatic hydroxyl groups excluding tert-OH is 1. The number of carbonyl (C=O) groups is 1. The highest BCUT2D eigenvalue weighted by atomic mass is 32.2. The molecule has 34 heavy (non-hydrogen) atoms. The Morgan fingerprint density at radius 3 is 2.68 bits per heavy atom. The highest BCUT2D eigenvalue weighted by Gasteiger charge is 2.40. The van der Waals surface area contributed by atoms with Crippen LogP contribution in [-0.2, 0) is 17.5 Å². The lowest BCUT2D eigenvalue weighted by molar-refractivity contribution is 0.0912. The van der Waals surface area contributed by atoms with Crippen molar-refractivity contribution < 1.29 is 14.1 Å². The predicted octanol–water partition coefficient (Wildman–Crippen LogP) is 4.77. The number of carbonyl (C=O) groups excluding carboxylic acids is 1. The fourth-order valence-electron chi connectivity index (χ4n) is 4.60. The number of nitrogens with zero attached hydrogens (tertiary/aromatic N) is 2. The topological polar surface area (TPSA) is 82.5 Å². The third kappa shape index (κ3) is 5.02. The van der Waals surface area contributed by atoms with Gasteiger partial charge >= 0.3 is 0 Å². The highest BCUT2D eigenvalue weighted by molar-refractivity contribution is 7.84. The van der Waals surface area contributed by atoms with Gasteiger partial charge in [0.25, 0.3) is 5.91 Å². The second-order valence-corrected chi connectivity index (χ2v) is 12.3. The highest BCUT2D eigenvalue weighted by Crippen LogP contribution is 2.44. The van der Waals surface area contributed by atoms with E-state index in [1.807, 2.05) is 68.4 Å². The van der Waals surface area contributed by atoms with E-state index in [1.54, 1.807) is 0 Å². The molecule has 7 heteroatoms. The molecule has 2 heterocycles. The number of aliphatic hydroxyl groups is 1. The minimum Gasteiger partial charge on any atom is -0.396 e. The summed E-state index contributed by atoms with van der Waals surface area (Å²) in [6.45, 7) is 8.28. The van der Waals surface area contributed by atoms with Crippen LogP contribution in [0, 0.1) is 0 Å². The number of pyridine rings is 1. The van der Waals surface area contributed by atoms with E-state index in [1.165, 1.54) is 0 Å². The SMILES string of the molecule is C/C=C/c1cccc(-c2nc(C(=O)NC3CCC3)cc3c2[C@H](CCO)N([S@@](=O)C(C)(C)C)C3)c1. The van der Waals surface area contributed by atoms with E-state index in [-0.39, 0.29) is 24.6 Å². The smallest absolute Gasteiger partial charge is 0.270 e. The van der Waals surface area contributed by atoms with Gasteiger partial charge in [-0.05, 0) is 76.6 Å². The molecule has 0 radical (unpaired) electrons. The normalized spacial score (nSPS) is 19.7. The number of aromatic nitrogens is 1. The first kappa shape index (κ1) is 24.8. The molecule has 1 saturated carbocycles. The number of hydrogen-bond acceptors (Lipinski definition) is 4. The summed E-state index contributed by atoms with van der Waals surface area (Å²) >= 11 is 0. The molecular formula is C27H35N3O3S. The molecule has 1 aromatic carbocycles. The van der Waals surface area contributed by atoms with Crippen molar-refractivity contribution in [1.29, 1.82) is 0 Å². The molecule has 0 saturated heterocycles. The van der Waals surface area contributed by atoms with Crippen LogP contribution in [0.25, 0.3) is 17.3 Å². The van der Waals surface area contributed by atoms with Gasteiger partial charge in [-0.15, -0.1) is 0 Å². The second-order valence-electron chi connectivity index (χ2n) is 10.1. The summed E-state index contributed by atoms with van der Waals surface area (Å²) < 4.78 is 15.0. The fourth-order valence-corrected chi connectivity index (χ4v) is 6.00. The van der Waals surface area contributed by atoms with Crippen LogP contribution in [0.15, 0.2) is 36.4 Å². The average Bonchev–Trinajstić information content (AvgIpc) is 3.13. The van der Waals surface area contributed by atoms with Crippen LogP contribution in [0.3, 0.4) is 0 Å². The molecule has 0 bridgehead atoms. The first-order chi connectivity index (χ1) is 16.2. The van der Waals surface area contributed by atoms with Crippen LogP contribution in [0.1, 0.15) is 86.6 Å². The number of rotatable bonds is 7. The molecule has 0 spiro atoms. The largest absolute Gasteiger partial charge is 0.396 e. The lowest BCUT2D eigenvalue weighted by Crippen LogP contribution is -2.39. The maximum Gasteiger partial charge on any atom is 0.270 e. The van der Waals surface area contributed by atoms with E-state index in [0.717, 1.165) is 47.2 Å². The van der Waals surface area contributed by atoms with Gasteiger partial charge in [0, 0.05) is 30.3 Å². The zero-order chi connectivity index (χ0) is 24.5. The summed E-state index contributed by atoms with van der Waals surface area (Å²) in [6.07, 6.45) is 7.62. The molecule has 1 fully saturated rings. The molecule has 2 N–H and O–H groups in total. The van der Waals surface area contributed by atoms with Gasteiger partial charge in [-0.2, -0.15) is 0 Å². The zero-order valence-electron chi connectivity index (χ0n) is 20.5.